The lowest BCUT2D eigenvalue weighted by atomic mass is 10.1. The van der Waals surface area contributed by atoms with Gasteiger partial charge in [0, 0.05) is 16.4 Å². The molecule has 0 spiro atoms. The van der Waals surface area contributed by atoms with E-state index in [-0.39, 0.29) is 17.5 Å². The largest absolute Gasteiger partial charge is 0.329 e. The van der Waals surface area contributed by atoms with E-state index >= 15 is 0 Å². The molecule has 2 saturated heterocycles. The first-order valence-electron chi connectivity index (χ1n) is 8.42. The van der Waals surface area contributed by atoms with Crippen LogP contribution in [0.15, 0.2) is 42.5 Å². The molecule has 7 heteroatoms. The molecule has 2 aliphatic heterocycles. The maximum absolute atomic E-state index is 13.3. The molecule has 26 heavy (non-hydrogen) atoms. The highest BCUT2D eigenvalue weighted by molar-refractivity contribution is 7.91. The van der Waals surface area contributed by atoms with E-state index in [4.69, 9.17) is 11.6 Å². The Morgan fingerprint density at radius 1 is 0.923 bits per heavy atom. The van der Waals surface area contributed by atoms with Crippen molar-refractivity contribution in [3.8, 4) is 0 Å². The lowest BCUT2D eigenvalue weighted by molar-refractivity contribution is 0.255. The summed E-state index contributed by atoms with van der Waals surface area (Å²) in [6, 6.07) is 11.9. The Labute approximate surface area is 158 Å². The van der Waals surface area contributed by atoms with E-state index in [9.17, 15) is 13.2 Å². The van der Waals surface area contributed by atoms with E-state index in [1.165, 1.54) is 0 Å². The molecule has 4 rings (SSSR count). The number of anilines is 2. The van der Waals surface area contributed by atoms with Gasteiger partial charge in [-0.15, -0.1) is 0 Å². The van der Waals surface area contributed by atoms with Gasteiger partial charge in [-0.05, 0) is 55.3 Å². The van der Waals surface area contributed by atoms with Crippen LogP contribution in [0.1, 0.15) is 11.1 Å². The van der Waals surface area contributed by atoms with Crippen LogP contribution in [-0.4, -0.2) is 38.0 Å². The van der Waals surface area contributed by atoms with Crippen LogP contribution in [0.3, 0.4) is 0 Å². The molecule has 2 aromatic carbocycles. The number of nitrogens with zero attached hydrogens (tertiary/aromatic N) is 2. The number of sulfone groups is 1. The van der Waals surface area contributed by atoms with Crippen molar-refractivity contribution < 1.29 is 13.2 Å². The average molecular weight is 391 g/mol. The minimum atomic E-state index is -3.21. The predicted octanol–water partition coefficient (Wildman–Crippen LogP) is 3.57. The third kappa shape index (κ3) is 2.87. The third-order valence-electron chi connectivity index (χ3n) is 4.94. The fraction of sp³-hybridized carbons (Fsp3) is 0.316. The number of rotatable bonds is 2. The molecule has 2 aliphatic rings. The minimum Gasteiger partial charge on any atom is -0.288 e. The zero-order valence-electron chi connectivity index (χ0n) is 14.5. The number of benzene rings is 2. The zero-order chi connectivity index (χ0) is 18.6. The van der Waals surface area contributed by atoms with Crippen molar-refractivity contribution in [1.82, 2.24) is 0 Å². The predicted molar refractivity (Wildman–Crippen MR) is 104 cm³/mol. The number of carbonyl (C=O) groups excluding carboxylic acids is 1. The van der Waals surface area contributed by atoms with Gasteiger partial charge >= 0.3 is 6.03 Å². The molecular weight excluding hydrogens is 372 g/mol. The molecule has 0 unspecified atom stereocenters. The molecule has 2 fully saturated rings. The van der Waals surface area contributed by atoms with Gasteiger partial charge in [-0.2, -0.15) is 0 Å². The van der Waals surface area contributed by atoms with Crippen LogP contribution >= 0.6 is 11.6 Å². The Bertz CT molecular complexity index is 985. The van der Waals surface area contributed by atoms with Gasteiger partial charge in [-0.25, -0.2) is 13.2 Å². The standard InChI is InChI=1S/C19H19ClN2O3S/c1-12-6-13(2)8-16(7-12)22-18-11-26(24,25)10-17(18)21(19(22)23)15-5-3-4-14(20)9-15/h3-9,17-18H,10-11H2,1-2H3/t17-,18-/m1/s1. The summed E-state index contributed by atoms with van der Waals surface area (Å²) in [6.45, 7) is 3.93. The van der Waals surface area contributed by atoms with Crippen molar-refractivity contribution in [3.05, 3.63) is 58.6 Å². The van der Waals surface area contributed by atoms with Crippen LogP contribution in [-0.2, 0) is 9.84 Å². The first kappa shape index (κ1) is 17.4. The molecule has 136 valence electrons. The van der Waals surface area contributed by atoms with Gasteiger partial charge < -0.3 is 0 Å². The number of urea groups is 1. The van der Waals surface area contributed by atoms with Gasteiger partial charge in [-0.3, -0.25) is 9.80 Å². The summed E-state index contributed by atoms with van der Waals surface area (Å²) < 4.78 is 24.6. The van der Waals surface area contributed by atoms with Gasteiger partial charge in [0.1, 0.15) is 0 Å². The highest BCUT2D eigenvalue weighted by Gasteiger charge is 2.54. The molecule has 0 aromatic heterocycles. The number of hydrogen-bond acceptors (Lipinski definition) is 3. The van der Waals surface area contributed by atoms with Gasteiger partial charge in [0.2, 0.25) is 0 Å². The third-order valence-corrected chi connectivity index (χ3v) is 6.87. The summed E-state index contributed by atoms with van der Waals surface area (Å²) in [5, 5.41) is 0.512. The minimum absolute atomic E-state index is 0.0204. The second-order valence-electron chi connectivity index (χ2n) is 7.06. The monoisotopic (exact) mass is 390 g/mol. The molecule has 0 N–H and O–H groups in total. The quantitative estimate of drug-likeness (QED) is 0.736. The van der Waals surface area contributed by atoms with Crippen molar-refractivity contribution in [2.45, 2.75) is 25.9 Å². The summed E-state index contributed by atoms with van der Waals surface area (Å²) >= 11 is 6.10. The average Bonchev–Trinajstić information content (AvgIpc) is 2.94. The Kier molecular flexibility index (Phi) is 4.00. The van der Waals surface area contributed by atoms with E-state index in [0.717, 1.165) is 16.8 Å². The van der Waals surface area contributed by atoms with Gasteiger partial charge in [0.15, 0.2) is 9.84 Å². The van der Waals surface area contributed by atoms with Gasteiger partial charge in [0.25, 0.3) is 0 Å². The Morgan fingerprint density at radius 2 is 1.50 bits per heavy atom. The van der Waals surface area contributed by atoms with Gasteiger partial charge in [-0.1, -0.05) is 23.7 Å². The number of fused-ring (bicyclic) bond motifs is 1. The normalized spacial score (nSPS) is 24.2. The lowest BCUT2D eigenvalue weighted by Crippen LogP contribution is -2.38. The molecule has 0 saturated carbocycles. The fourth-order valence-electron chi connectivity index (χ4n) is 4.02. The molecule has 0 bridgehead atoms. The van der Waals surface area contributed by atoms with Crippen molar-refractivity contribution in [2.75, 3.05) is 21.3 Å². The highest BCUT2D eigenvalue weighted by Crippen LogP contribution is 2.38. The van der Waals surface area contributed by atoms with Crippen molar-refractivity contribution in [1.29, 1.82) is 0 Å². The molecule has 2 heterocycles. The van der Waals surface area contributed by atoms with E-state index in [1.54, 1.807) is 34.1 Å². The van der Waals surface area contributed by atoms with Crippen LogP contribution in [0.4, 0.5) is 16.2 Å². The van der Waals surface area contributed by atoms with Crippen molar-refractivity contribution >= 4 is 38.8 Å². The van der Waals surface area contributed by atoms with E-state index < -0.39 is 21.9 Å². The van der Waals surface area contributed by atoms with Crippen LogP contribution in [0.2, 0.25) is 5.02 Å². The summed E-state index contributed by atoms with van der Waals surface area (Å²) in [5.41, 5.74) is 3.43. The van der Waals surface area contributed by atoms with Crippen LogP contribution in [0, 0.1) is 13.8 Å². The number of carbonyl (C=O) groups is 1. The van der Waals surface area contributed by atoms with Crippen molar-refractivity contribution in [2.24, 2.45) is 0 Å². The van der Waals surface area contributed by atoms with E-state index in [0.29, 0.717) is 10.7 Å². The topological polar surface area (TPSA) is 57.7 Å². The van der Waals surface area contributed by atoms with Crippen molar-refractivity contribution in [3.63, 3.8) is 0 Å². The second kappa shape index (κ2) is 5.99. The smallest absolute Gasteiger partial charge is 0.288 e. The Balaban J connectivity index is 1.84. The Morgan fingerprint density at radius 3 is 2.08 bits per heavy atom. The van der Waals surface area contributed by atoms with Crippen LogP contribution < -0.4 is 9.80 Å². The van der Waals surface area contributed by atoms with Gasteiger partial charge in [0.05, 0.1) is 23.6 Å². The highest BCUT2D eigenvalue weighted by atomic mass is 35.5. The summed E-state index contributed by atoms with van der Waals surface area (Å²) in [6.07, 6.45) is 0. The fourth-order valence-corrected chi connectivity index (χ4v) is 6.13. The maximum atomic E-state index is 13.3. The first-order valence-corrected chi connectivity index (χ1v) is 10.6. The number of amides is 2. The SMILES string of the molecule is Cc1cc(C)cc(N2C(=O)N(c3cccc(Cl)c3)[C@@H]3CS(=O)(=O)C[C@H]32)c1. The number of halogens is 1. The summed E-state index contributed by atoms with van der Waals surface area (Å²) in [5.74, 6) is -0.0509. The van der Waals surface area contributed by atoms with E-state index in [1.807, 2.05) is 32.0 Å². The Hall–Kier alpha value is -2.05. The molecule has 2 aromatic rings. The molecule has 2 amide bonds. The molecular formula is C19H19ClN2O3S. The number of aryl methyl sites for hydroxylation is 2. The second-order valence-corrected chi connectivity index (χ2v) is 9.65. The van der Waals surface area contributed by atoms with Crippen LogP contribution in [0.5, 0.6) is 0 Å². The maximum Gasteiger partial charge on any atom is 0.329 e. The summed E-state index contributed by atoms with van der Waals surface area (Å²) in [4.78, 5) is 16.5. The first-order chi connectivity index (χ1) is 12.2. The zero-order valence-corrected chi connectivity index (χ0v) is 16.1. The van der Waals surface area contributed by atoms with E-state index in [2.05, 4.69) is 0 Å². The number of hydrogen-bond donors (Lipinski definition) is 0. The lowest BCUT2D eigenvalue weighted by Gasteiger charge is -2.23. The molecule has 0 aliphatic carbocycles. The molecule has 0 radical (unpaired) electrons. The molecule has 5 nitrogen and oxygen atoms in total. The molecule has 2 atom stereocenters. The summed E-state index contributed by atoms with van der Waals surface area (Å²) in [7, 11) is -3.21. The van der Waals surface area contributed by atoms with Crippen LogP contribution in [0.25, 0.3) is 0 Å².